The molecule has 0 unspecified atom stereocenters. The molecule has 0 aliphatic carbocycles. The lowest BCUT2D eigenvalue weighted by atomic mass is 9.96. The summed E-state index contributed by atoms with van der Waals surface area (Å²) < 4.78 is 1.62. The smallest absolute Gasteiger partial charge is 0.229 e. The van der Waals surface area contributed by atoms with E-state index in [4.69, 9.17) is 0 Å². The van der Waals surface area contributed by atoms with Crippen LogP contribution in [0.25, 0.3) is 5.65 Å². The number of anilines is 1. The summed E-state index contributed by atoms with van der Waals surface area (Å²) in [6.07, 6.45) is 5.03. The van der Waals surface area contributed by atoms with E-state index in [0.29, 0.717) is 5.69 Å². The van der Waals surface area contributed by atoms with Crippen LogP contribution in [0.5, 0.6) is 0 Å². The van der Waals surface area contributed by atoms with Gasteiger partial charge in [-0.05, 0) is 0 Å². The molecule has 16 heavy (non-hydrogen) atoms. The second kappa shape index (κ2) is 3.59. The van der Waals surface area contributed by atoms with Gasteiger partial charge in [0.1, 0.15) is 0 Å². The largest absolute Gasteiger partial charge is 0.323 e. The van der Waals surface area contributed by atoms with Gasteiger partial charge in [-0.2, -0.15) is 5.10 Å². The van der Waals surface area contributed by atoms with Crippen LogP contribution in [0.4, 0.5) is 5.69 Å². The highest BCUT2D eigenvalue weighted by Gasteiger charge is 2.21. The minimum absolute atomic E-state index is 0.0409. The van der Waals surface area contributed by atoms with Gasteiger partial charge < -0.3 is 5.32 Å². The first-order valence-corrected chi connectivity index (χ1v) is 5.08. The number of amides is 1. The minimum Gasteiger partial charge on any atom is -0.323 e. The van der Waals surface area contributed by atoms with Gasteiger partial charge in [-0.15, -0.1) is 0 Å². The molecule has 0 saturated heterocycles. The number of carbonyl (C=O) groups excluding carboxylic acids is 1. The molecule has 0 radical (unpaired) electrons. The van der Waals surface area contributed by atoms with E-state index < -0.39 is 5.41 Å². The second-order valence-electron chi connectivity index (χ2n) is 4.68. The van der Waals surface area contributed by atoms with E-state index in [-0.39, 0.29) is 5.91 Å². The standard InChI is InChI=1S/C11H14N4O/c1-11(2,3)10(16)14-8-6-12-9-4-5-13-15(9)7-8/h4-7H,1-3H3,(H,14,16). The highest BCUT2D eigenvalue weighted by Crippen LogP contribution is 2.16. The highest BCUT2D eigenvalue weighted by molar-refractivity contribution is 5.94. The van der Waals surface area contributed by atoms with Gasteiger partial charge in [-0.1, -0.05) is 20.8 Å². The number of hydrogen-bond acceptors (Lipinski definition) is 3. The van der Waals surface area contributed by atoms with Crippen LogP contribution in [0.3, 0.4) is 0 Å². The molecule has 0 saturated carbocycles. The predicted octanol–water partition coefficient (Wildman–Crippen LogP) is 1.71. The van der Waals surface area contributed by atoms with E-state index >= 15 is 0 Å². The molecule has 2 aromatic heterocycles. The van der Waals surface area contributed by atoms with Crippen LogP contribution in [-0.4, -0.2) is 20.5 Å². The molecule has 1 amide bonds. The summed E-state index contributed by atoms with van der Waals surface area (Å²) in [6.45, 7) is 5.59. The average molecular weight is 218 g/mol. The zero-order valence-electron chi connectivity index (χ0n) is 9.56. The molecule has 0 aromatic carbocycles. The topological polar surface area (TPSA) is 59.3 Å². The number of rotatable bonds is 1. The lowest BCUT2D eigenvalue weighted by Crippen LogP contribution is -2.27. The molecule has 2 aromatic rings. The first-order valence-electron chi connectivity index (χ1n) is 5.08. The molecule has 0 aliphatic heterocycles. The Bertz CT molecular complexity index is 524. The van der Waals surface area contributed by atoms with Gasteiger partial charge in [0.25, 0.3) is 0 Å². The summed E-state index contributed by atoms with van der Waals surface area (Å²) in [5.41, 5.74) is 0.990. The molecule has 2 rings (SSSR count). The molecule has 1 N–H and O–H groups in total. The van der Waals surface area contributed by atoms with Crippen molar-refractivity contribution < 1.29 is 4.79 Å². The van der Waals surface area contributed by atoms with E-state index in [0.717, 1.165) is 5.65 Å². The Hall–Kier alpha value is -1.91. The fourth-order valence-electron chi connectivity index (χ4n) is 1.19. The summed E-state index contributed by atoms with van der Waals surface area (Å²) in [7, 11) is 0. The monoisotopic (exact) mass is 218 g/mol. The van der Waals surface area contributed by atoms with E-state index in [1.165, 1.54) is 0 Å². The van der Waals surface area contributed by atoms with Gasteiger partial charge in [-0.3, -0.25) is 4.79 Å². The van der Waals surface area contributed by atoms with Crippen molar-refractivity contribution in [3.05, 3.63) is 24.7 Å². The van der Waals surface area contributed by atoms with E-state index in [9.17, 15) is 4.79 Å². The minimum atomic E-state index is -0.418. The molecule has 0 fully saturated rings. The maximum atomic E-state index is 11.7. The Labute approximate surface area is 93.5 Å². The molecule has 0 aliphatic rings. The third kappa shape index (κ3) is 2.03. The lowest BCUT2D eigenvalue weighted by Gasteiger charge is -2.17. The average Bonchev–Trinajstić information content (AvgIpc) is 2.63. The van der Waals surface area contributed by atoms with Crippen LogP contribution >= 0.6 is 0 Å². The number of nitrogens with one attached hydrogen (secondary N) is 1. The Morgan fingerprint density at radius 1 is 1.44 bits per heavy atom. The first-order chi connectivity index (χ1) is 7.47. The van der Waals surface area contributed by atoms with E-state index in [2.05, 4.69) is 15.4 Å². The highest BCUT2D eigenvalue weighted by atomic mass is 16.2. The van der Waals surface area contributed by atoms with Gasteiger partial charge in [0.15, 0.2) is 5.65 Å². The number of aromatic nitrogens is 3. The van der Waals surface area contributed by atoms with Crippen molar-refractivity contribution >= 4 is 17.2 Å². The summed E-state index contributed by atoms with van der Waals surface area (Å²) in [4.78, 5) is 15.9. The SMILES string of the molecule is CC(C)(C)C(=O)Nc1cnc2ccnn2c1. The van der Waals surface area contributed by atoms with Crippen molar-refractivity contribution in [2.24, 2.45) is 5.41 Å². The zero-order chi connectivity index (χ0) is 11.8. The lowest BCUT2D eigenvalue weighted by molar-refractivity contribution is -0.123. The molecular formula is C11H14N4O. The fourth-order valence-corrected chi connectivity index (χ4v) is 1.19. The molecule has 0 atom stereocenters. The van der Waals surface area contributed by atoms with Crippen molar-refractivity contribution in [2.45, 2.75) is 20.8 Å². The van der Waals surface area contributed by atoms with Gasteiger partial charge in [0, 0.05) is 11.5 Å². The molecule has 0 spiro atoms. The normalized spacial score (nSPS) is 11.7. The maximum Gasteiger partial charge on any atom is 0.229 e. The van der Waals surface area contributed by atoms with Gasteiger partial charge >= 0.3 is 0 Å². The summed E-state index contributed by atoms with van der Waals surface area (Å²) in [5.74, 6) is -0.0409. The third-order valence-corrected chi connectivity index (χ3v) is 2.19. The van der Waals surface area contributed by atoms with E-state index in [1.807, 2.05) is 20.8 Å². The molecule has 5 nitrogen and oxygen atoms in total. The Morgan fingerprint density at radius 3 is 2.88 bits per heavy atom. The Kier molecular flexibility index (Phi) is 2.38. The zero-order valence-corrected chi connectivity index (χ0v) is 9.56. The van der Waals surface area contributed by atoms with Crippen LogP contribution in [0.2, 0.25) is 0 Å². The van der Waals surface area contributed by atoms with Crippen molar-refractivity contribution in [1.82, 2.24) is 14.6 Å². The number of fused-ring (bicyclic) bond motifs is 1. The van der Waals surface area contributed by atoms with Crippen molar-refractivity contribution in [3.63, 3.8) is 0 Å². The predicted molar refractivity (Wildman–Crippen MR) is 61.1 cm³/mol. The number of hydrogen-bond donors (Lipinski definition) is 1. The Morgan fingerprint density at radius 2 is 2.19 bits per heavy atom. The van der Waals surface area contributed by atoms with Crippen molar-refractivity contribution in [3.8, 4) is 0 Å². The molecule has 5 heteroatoms. The number of nitrogens with zero attached hydrogens (tertiary/aromatic N) is 3. The molecule has 0 bridgehead atoms. The fraction of sp³-hybridized carbons (Fsp3) is 0.364. The molecule has 2 heterocycles. The summed E-state index contributed by atoms with van der Waals surface area (Å²) in [6, 6.07) is 1.80. The van der Waals surface area contributed by atoms with Crippen LogP contribution < -0.4 is 5.32 Å². The summed E-state index contributed by atoms with van der Waals surface area (Å²) >= 11 is 0. The van der Waals surface area contributed by atoms with Crippen molar-refractivity contribution in [1.29, 1.82) is 0 Å². The van der Waals surface area contributed by atoms with Crippen LogP contribution in [-0.2, 0) is 4.79 Å². The van der Waals surface area contributed by atoms with Gasteiger partial charge in [0.05, 0.1) is 24.3 Å². The van der Waals surface area contributed by atoms with Crippen LogP contribution in [0, 0.1) is 5.41 Å². The maximum absolute atomic E-state index is 11.7. The first kappa shape index (κ1) is 10.6. The van der Waals surface area contributed by atoms with Crippen LogP contribution in [0.15, 0.2) is 24.7 Å². The van der Waals surface area contributed by atoms with Gasteiger partial charge in [-0.25, -0.2) is 9.50 Å². The Balaban J connectivity index is 2.24. The second-order valence-corrected chi connectivity index (χ2v) is 4.68. The molecule has 84 valence electrons. The molecular weight excluding hydrogens is 204 g/mol. The van der Waals surface area contributed by atoms with Gasteiger partial charge in [0.2, 0.25) is 5.91 Å². The summed E-state index contributed by atoms with van der Waals surface area (Å²) in [5, 5.41) is 6.85. The van der Waals surface area contributed by atoms with Crippen LogP contribution in [0.1, 0.15) is 20.8 Å². The quantitative estimate of drug-likeness (QED) is 0.792. The number of carbonyl (C=O) groups is 1. The van der Waals surface area contributed by atoms with Crippen molar-refractivity contribution in [2.75, 3.05) is 5.32 Å². The third-order valence-electron chi connectivity index (χ3n) is 2.19. The van der Waals surface area contributed by atoms with E-state index in [1.54, 1.807) is 29.2 Å².